The van der Waals surface area contributed by atoms with Crippen LogP contribution in [-0.2, 0) is 11.2 Å². The predicted octanol–water partition coefficient (Wildman–Crippen LogP) is 0.546. The third-order valence-electron chi connectivity index (χ3n) is 3.35. The monoisotopic (exact) mass is 310 g/mol. The highest BCUT2D eigenvalue weighted by molar-refractivity contribution is 7.91. The molecule has 0 aromatic carbocycles. The van der Waals surface area contributed by atoms with E-state index in [9.17, 15) is 9.35 Å². The molecule has 1 aliphatic heterocycles. The molecule has 0 radical (unpaired) electrons. The Morgan fingerprint density at radius 3 is 2.80 bits per heavy atom. The van der Waals surface area contributed by atoms with Crippen molar-refractivity contribution in [3.63, 3.8) is 0 Å². The van der Waals surface area contributed by atoms with Crippen LogP contribution in [0.2, 0.25) is 0 Å². The number of aromatic nitrogens is 1. The zero-order chi connectivity index (χ0) is 14.3. The molecule has 2 aromatic rings. The standard InChI is InChI=1S/C12H14N4O2S2/c13-9-8-7(16-3-5-20(18)6-4-16)1-2-15-12(8)19-10(9)11(14)17/h1-2H,3-6,13H2,(H2,14,17). The van der Waals surface area contributed by atoms with Gasteiger partial charge in [-0.05, 0) is 6.07 Å². The number of anilines is 2. The maximum atomic E-state index is 11.5. The maximum Gasteiger partial charge on any atom is 0.260 e. The summed E-state index contributed by atoms with van der Waals surface area (Å²) in [6.07, 6.45) is 1.70. The summed E-state index contributed by atoms with van der Waals surface area (Å²) in [4.78, 5) is 18.8. The van der Waals surface area contributed by atoms with E-state index in [2.05, 4.69) is 9.88 Å². The Morgan fingerprint density at radius 2 is 2.15 bits per heavy atom. The van der Waals surface area contributed by atoms with Crippen molar-refractivity contribution >= 4 is 50.0 Å². The number of primary amides is 1. The predicted molar refractivity (Wildman–Crippen MR) is 82.6 cm³/mol. The maximum absolute atomic E-state index is 11.5. The Hall–Kier alpha value is -1.51. The molecule has 0 saturated carbocycles. The number of rotatable bonds is 2. The molecule has 0 aliphatic carbocycles. The summed E-state index contributed by atoms with van der Waals surface area (Å²) < 4.78 is 11.5. The van der Waals surface area contributed by atoms with Crippen molar-refractivity contribution in [2.24, 2.45) is 5.73 Å². The highest BCUT2D eigenvalue weighted by atomic mass is 32.2. The minimum absolute atomic E-state index is 0.348. The van der Waals surface area contributed by atoms with Gasteiger partial charge in [0, 0.05) is 6.20 Å². The van der Waals surface area contributed by atoms with Gasteiger partial charge in [-0.3, -0.25) is 4.79 Å². The van der Waals surface area contributed by atoms with Gasteiger partial charge in [0.05, 0.1) is 29.9 Å². The summed E-state index contributed by atoms with van der Waals surface area (Å²) in [5.74, 6) is 0.767. The Balaban J connectivity index is 2.09. The van der Waals surface area contributed by atoms with Gasteiger partial charge in [-0.1, -0.05) is 11.2 Å². The van der Waals surface area contributed by atoms with Gasteiger partial charge >= 0.3 is 0 Å². The number of nitrogens with zero attached hydrogens (tertiary/aromatic N) is 2. The first-order chi connectivity index (χ1) is 9.58. The van der Waals surface area contributed by atoms with Crippen molar-refractivity contribution in [3.05, 3.63) is 17.1 Å². The van der Waals surface area contributed by atoms with Crippen molar-refractivity contribution in [3.8, 4) is 0 Å². The molecule has 2 aromatic heterocycles. The zero-order valence-corrected chi connectivity index (χ0v) is 12.3. The van der Waals surface area contributed by atoms with Crippen molar-refractivity contribution in [1.29, 1.82) is 0 Å². The van der Waals surface area contributed by atoms with E-state index in [0.29, 0.717) is 40.0 Å². The van der Waals surface area contributed by atoms with Crippen LogP contribution in [0.5, 0.6) is 0 Å². The molecule has 1 fully saturated rings. The number of thiophene rings is 1. The van der Waals surface area contributed by atoms with Crippen molar-refractivity contribution in [2.45, 2.75) is 0 Å². The molecule has 8 heteroatoms. The Morgan fingerprint density at radius 1 is 1.45 bits per heavy atom. The molecule has 0 atom stereocenters. The topological polar surface area (TPSA) is 108 Å². The van der Waals surface area contributed by atoms with Crippen LogP contribution in [0.4, 0.5) is 11.4 Å². The molecule has 1 aliphatic rings. The van der Waals surface area contributed by atoms with E-state index in [1.165, 1.54) is 11.3 Å². The molecule has 3 rings (SSSR count). The lowest BCUT2D eigenvalue weighted by Crippen LogP contribution is -2.40. The lowest BCUT2D eigenvalue weighted by atomic mass is 10.2. The van der Waals surface area contributed by atoms with Crippen LogP contribution in [-0.4, -0.2) is 40.0 Å². The van der Waals surface area contributed by atoms with Gasteiger partial charge in [0.25, 0.3) is 5.91 Å². The third-order valence-corrected chi connectivity index (χ3v) is 5.75. The number of pyridine rings is 1. The molecule has 6 nitrogen and oxygen atoms in total. The van der Waals surface area contributed by atoms with Crippen LogP contribution in [0.1, 0.15) is 9.67 Å². The third kappa shape index (κ3) is 2.19. The van der Waals surface area contributed by atoms with E-state index in [-0.39, 0.29) is 0 Å². The van der Waals surface area contributed by atoms with Gasteiger partial charge in [-0.2, -0.15) is 0 Å². The first-order valence-electron chi connectivity index (χ1n) is 6.14. The van der Waals surface area contributed by atoms with Gasteiger partial charge in [0.1, 0.15) is 21.2 Å². The second kappa shape index (κ2) is 5.12. The average Bonchev–Trinajstić information content (AvgIpc) is 2.77. The van der Waals surface area contributed by atoms with Gasteiger partial charge in [0.2, 0.25) is 0 Å². The smallest absolute Gasteiger partial charge is 0.260 e. The Kier molecular flexibility index (Phi) is 3.45. The highest BCUT2D eigenvalue weighted by Crippen LogP contribution is 2.38. The number of nitrogen functional groups attached to an aromatic ring is 1. The number of amides is 1. The molecule has 1 amide bonds. The number of carbonyl (C=O) groups is 1. The van der Waals surface area contributed by atoms with E-state index in [0.717, 1.165) is 11.1 Å². The molecule has 0 unspecified atom stereocenters. The van der Waals surface area contributed by atoms with Crippen molar-refractivity contribution in [2.75, 3.05) is 35.2 Å². The Labute approximate surface area is 122 Å². The molecule has 3 heterocycles. The summed E-state index contributed by atoms with van der Waals surface area (Å²) >= 11 is 0.477. The normalized spacial score (nSPS) is 16.8. The van der Waals surface area contributed by atoms with Crippen LogP contribution in [0, 0.1) is 0 Å². The second-order valence-electron chi connectivity index (χ2n) is 4.55. The van der Waals surface area contributed by atoms with Gasteiger partial charge in [0.15, 0.2) is 0 Å². The number of hydrogen-bond acceptors (Lipinski definition) is 6. The SMILES string of the molecule is NC(=O)c1sc2nccc(N3CC[S+]([O-])CC3)c2c1N. The zero-order valence-electron chi connectivity index (χ0n) is 10.7. The van der Waals surface area contributed by atoms with Gasteiger partial charge in [-0.15, -0.1) is 11.3 Å². The summed E-state index contributed by atoms with van der Waals surface area (Å²) in [5, 5.41) is 0.777. The minimum Gasteiger partial charge on any atom is -0.616 e. The molecule has 106 valence electrons. The van der Waals surface area contributed by atoms with Crippen molar-refractivity contribution < 1.29 is 9.35 Å². The van der Waals surface area contributed by atoms with E-state index in [4.69, 9.17) is 11.5 Å². The first kappa shape index (κ1) is 13.5. The van der Waals surface area contributed by atoms with Crippen LogP contribution >= 0.6 is 11.3 Å². The lowest BCUT2D eigenvalue weighted by molar-refractivity contribution is 0.100. The van der Waals surface area contributed by atoms with Crippen LogP contribution in [0.25, 0.3) is 10.2 Å². The second-order valence-corrected chi connectivity index (χ2v) is 7.25. The summed E-state index contributed by atoms with van der Waals surface area (Å²) in [6.45, 7) is 1.43. The fourth-order valence-electron chi connectivity index (χ4n) is 2.35. The van der Waals surface area contributed by atoms with Crippen LogP contribution in [0.15, 0.2) is 12.3 Å². The molecule has 1 saturated heterocycles. The fraction of sp³-hybridized carbons (Fsp3) is 0.333. The summed E-state index contributed by atoms with van der Waals surface area (Å²) in [6, 6.07) is 1.88. The van der Waals surface area contributed by atoms with Crippen molar-refractivity contribution in [1.82, 2.24) is 4.98 Å². The van der Waals surface area contributed by atoms with E-state index < -0.39 is 17.1 Å². The van der Waals surface area contributed by atoms with Gasteiger partial charge < -0.3 is 20.9 Å². The lowest BCUT2D eigenvalue weighted by Gasteiger charge is -2.30. The van der Waals surface area contributed by atoms with Crippen LogP contribution < -0.4 is 16.4 Å². The minimum atomic E-state index is -0.736. The quantitative estimate of drug-likeness (QED) is 0.787. The van der Waals surface area contributed by atoms with E-state index in [1.807, 2.05) is 6.07 Å². The molecular weight excluding hydrogens is 296 g/mol. The fourth-order valence-corrected chi connectivity index (χ4v) is 4.34. The molecule has 0 spiro atoms. The number of nitrogens with two attached hydrogens (primary N) is 2. The molecular formula is C12H14N4O2S2. The molecule has 0 bridgehead atoms. The summed E-state index contributed by atoms with van der Waals surface area (Å²) in [7, 11) is 0. The Bertz CT molecular complexity index is 665. The van der Waals surface area contributed by atoms with Gasteiger partial charge in [-0.25, -0.2) is 4.98 Å². The molecule has 20 heavy (non-hydrogen) atoms. The number of hydrogen-bond donors (Lipinski definition) is 2. The number of carbonyl (C=O) groups excluding carboxylic acids is 1. The molecule has 4 N–H and O–H groups in total. The summed E-state index contributed by atoms with van der Waals surface area (Å²) in [5.41, 5.74) is 12.7. The van der Waals surface area contributed by atoms with E-state index >= 15 is 0 Å². The average molecular weight is 310 g/mol. The first-order valence-corrected chi connectivity index (χ1v) is 8.45. The van der Waals surface area contributed by atoms with E-state index in [1.54, 1.807) is 6.20 Å². The highest BCUT2D eigenvalue weighted by Gasteiger charge is 2.24. The number of fused-ring (bicyclic) bond motifs is 1. The largest absolute Gasteiger partial charge is 0.616 e. The van der Waals surface area contributed by atoms with Crippen LogP contribution in [0.3, 0.4) is 0 Å².